The van der Waals surface area contributed by atoms with Crippen LogP contribution in [0, 0.1) is 13.8 Å². The van der Waals surface area contributed by atoms with E-state index < -0.39 is 16.1 Å². The quantitative estimate of drug-likeness (QED) is 0.829. The molecule has 0 amide bonds. The maximum Gasteiger partial charge on any atom is 0.246 e. The zero-order chi connectivity index (χ0) is 17.0. The van der Waals surface area contributed by atoms with Gasteiger partial charge in [-0.25, -0.2) is 13.1 Å². The van der Waals surface area contributed by atoms with Gasteiger partial charge in [0.2, 0.25) is 10.0 Å². The fraction of sp³-hybridized carbons (Fsp3) is 0.400. The summed E-state index contributed by atoms with van der Waals surface area (Å²) in [5.74, 6) is 1.62. The number of hydrogen-bond acceptors (Lipinski definition) is 6. The maximum absolute atomic E-state index is 12.4. The molecular formula is C15H20N2O5S. The first kappa shape index (κ1) is 17.3. The number of sulfonamides is 1. The normalized spacial score (nSPS) is 12.9. The van der Waals surface area contributed by atoms with Crippen LogP contribution < -0.4 is 14.2 Å². The Morgan fingerprint density at radius 2 is 1.83 bits per heavy atom. The van der Waals surface area contributed by atoms with Crippen molar-refractivity contribution in [2.45, 2.75) is 31.7 Å². The summed E-state index contributed by atoms with van der Waals surface area (Å²) in [7, 11) is -2.11. The zero-order valence-corrected chi connectivity index (χ0v) is 14.3. The molecule has 0 aliphatic carbocycles. The molecule has 2 rings (SSSR count). The topological polar surface area (TPSA) is 90.7 Å². The van der Waals surface area contributed by atoms with Crippen LogP contribution in [0.4, 0.5) is 0 Å². The molecule has 0 aliphatic heterocycles. The first-order valence-corrected chi connectivity index (χ1v) is 8.54. The van der Waals surface area contributed by atoms with Crippen molar-refractivity contribution in [3.63, 3.8) is 0 Å². The van der Waals surface area contributed by atoms with Gasteiger partial charge in [-0.05, 0) is 45.0 Å². The Hall–Kier alpha value is -2.06. The van der Waals surface area contributed by atoms with Gasteiger partial charge >= 0.3 is 0 Å². The van der Waals surface area contributed by atoms with Gasteiger partial charge in [-0.2, -0.15) is 0 Å². The van der Waals surface area contributed by atoms with Gasteiger partial charge in [-0.1, -0.05) is 5.16 Å². The Morgan fingerprint density at radius 3 is 2.35 bits per heavy atom. The van der Waals surface area contributed by atoms with Crippen LogP contribution in [-0.4, -0.2) is 33.3 Å². The number of ether oxygens (including phenoxy) is 2. The third-order valence-corrected chi connectivity index (χ3v) is 4.99. The van der Waals surface area contributed by atoms with Crippen LogP contribution in [0.2, 0.25) is 0 Å². The standard InChI is InChI=1S/C15H20N2O5S/c1-10(9-21-14-7-5-13(20-4)6-8-14)17-23(18,19)15-11(2)16-22-12(15)3/h5-8,10,17H,9H2,1-4H3/t10-/m1/s1. The highest BCUT2D eigenvalue weighted by molar-refractivity contribution is 7.89. The van der Waals surface area contributed by atoms with Crippen molar-refractivity contribution < 1.29 is 22.4 Å². The summed E-state index contributed by atoms with van der Waals surface area (Å²) in [6.07, 6.45) is 0. The van der Waals surface area contributed by atoms with Gasteiger partial charge < -0.3 is 14.0 Å². The van der Waals surface area contributed by atoms with Crippen molar-refractivity contribution in [1.29, 1.82) is 0 Å². The lowest BCUT2D eigenvalue weighted by Crippen LogP contribution is -2.37. The second-order valence-electron chi connectivity index (χ2n) is 5.16. The highest BCUT2D eigenvalue weighted by atomic mass is 32.2. The summed E-state index contributed by atoms with van der Waals surface area (Å²) < 4.78 is 42.8. The fourth-order valence-corrected chi connectivity index (χ4v) is 3.67. The number of aromatic nitrogens is 1. The van der Waals surface area contributed by atoms with E-state index in [2.05, 4.69) is 9.88 Å². The van der Waals surface area contributed by atoms with Gasteiger partial charge in [0.25, 0.3) is 0 Å². The van der Waals surface area contributed by atoms with Crippen LogP contribution in [0.5, 0.6) is 11.5 Å². The predicted molar refractivity (Wildman–Crippen MR) is 84.2 cm³/mol. The first-order chi connectivity index (χ1) is 10.8. The molecule has 1 aromatic heterocycles. The van der Waals surface area contributed by atoms with Crippen LogP contribution in [0.25, 0.3) is 0 Å². The number of aryl methyl sites for hydroxylation is 2. The maximum atomic E-state index is 12.4. The molecule has 0 aliphatic rings. The minimum absolute atomic E-state index is 0.0776. The van der Waals surface area contributed by atoms with Gasteiger partial charge in [0.05, 0.1) is 13.2 Å². The van der Waals surface area contributed by atoms with E-state index in [0.29, 0.717) is 11.4 Å². The van der Waals surface area contributed by atoms with Crippen LogP contribution in [-0.2, 0) is 10.0 Å². The number of nitrogens with zero attached hydrogens (tertiary/aromatic N) is 1. The third kappa shape index (κ3) is 4.23. The molecule has 126 valence electrons. The average molecular weight is 340 g/mol. The van der Waals surface area contributed by atoms with Gasteiger partial charge in [0, 0.05) is 0 Å². The van der Waals surface area contributed by atoms with E-state index in [4.69, 9.17) is 14.0 Å². The molecule has 1 aromatic carbocycles. The monoisotopic (exact) mass is 340 g/mol. The summed E-state index contributed by atoms with van der Waals surface area (Å²) in [5, 5.41) is 3.66. The molecule has 1 N–H and O–H groups in total. The largest absolute Gasteiger partial charge is 0.497 e. The van der Waals surface area contributed by atoms with Gasteiger partial charge in [-0.3, -0.25) is 0 Å². The lowest BCUT2D eigenvalue weighted by atomic mass is 10.3. The van der Waals surface area contributed by atoms with Crippen LogP contribution >= 0.6 is 0 Å². The van der Waals surface area contributed by atoms with Gasteiger partial charge in [-0.15, -0.1) is 0 Å². The second-order valence-corrected chi connectivity index (χ2v) is 6.81. The number of rotatable bonds is 7. The summed E-state index contributed by atoms with van der Waals surface area (Å²) in [4.78, 5) is 0.0776. The number of hydrogen-bond donors (Lipinski definition) is 1. The van der Waals surface area contributed by atoms with Crippen molar-refractivity contribution in [2.75, 3.05) is 13.7 Å². The summed E-state index contributed by atoms with van der Waals surface area (Å²) in [6, 6.07) is 6.64. The van der Waals surface area contributed by atoms with Crippen molar-refractivity contribution in [1.82, 2.24) is 9.88 Å². The number of benzene rings is 1. The Labute approximate surface area is 135 Å². The fourth-order valence-electron chi connectivity index (χ4n) is 2.11. The van der Waals surface area contributed by atoms with Crippen molar-refractivity contribution in [3.05, 3.63) is 35.7 Å². The molecule has 0 spiro atoms. The van der Waals surface area contributed by atoms with Crippen LogP contribution in [0.3, 0.4) is 0 Å². The van der Waals surface area contributed by atoms with Crippen molar-refractivity contribution in [3.8, 4) is 11.5 Å². The Kier molecular flexibility index (Phi) is 5.27. The van der Waals surface area contributed by atoms with Gasteiger partial charge in [0.15, 0.2) is 5.76 Å². The van der Waals surface area contributed by atoms with E-state index in [9.17, 15) is 8.42 Å². The van der Waals surface area contributed by atoms with E-state index in [1.807, 2.05) is 0 Å². The molecule has 0 radical (unpaired) electrons. The molecule has 0 fully saturated rings. The molecule has 0 saturated heterocycles. The molecule has 1 atom stereocenters. The molecule has 7 nitrogen and oxygen atoms in total. The Bertz CT molecular complexity index is 733. The molecule has 0 saturated carbocycles. The van der Waals surface area contributed by atoms with Crippen LogP contribution in [0.1, 0.15) is 18.4 Å². The molecule has 0 unspecified atom stereocenters. The zero-order valence-electron chi connectivity index (χ0n) is 13.5. The van der Waals surface area contributed by atoms with E-state index in [1.165, 1.54) is 0 Å². The molecule has 8 heteroatoms. The number of nitrogens with one attached hydrogen (secondary N) is 1. The van der Waals surface area contributed by atoms with E-state index >= 15 is 0 Å². The molecular weight excluding hydrogens is 320 g/mol. The van der Waals surface area contributed by atoms with Crippen LogP contribution in [0.15, 0.2) is 33.7 Å². The summed E-state index contributed by atoms with van der Waals surface area (Å²) in [5.41, 5.74) is 0.332. The molecule has 23 heavy (non-hydrogen) atoms. The predicted octanol–water partition coefficient (Wildman–Crippen LogP) is 2.05. The highest BCUT2D eigenvalue weighted by Crippen LogP contribution is 2.20. The average Bonchev–Trinajstić information content (AvgIpc) is 2.85. The van der Waals surface area contributed by atoms with Crippen molar-refractivity contribution in [2.24, 2.45) is 0 Å². The SMILES string of the molecule is COc1ccc(OC[C@@H](C)NS(=O)(=O)c2c(C)noc2C)cc1. The van der Waals surface area contributed by atoms with Crippen molar-refractivity contribution >= 4 is 10.0 Å². The smallest absolute Gasteiger partial charge is 0.246 e. The molecule has 0 bridgehead atoms. The van der Waals surface area contributed by atoms with Gasteiger partial charge in [0.1, 0.15) is 28.7 Å². The van der Waals surface area contributed by atoms with E-state index in [0.717, 1.165) is 5.75 Å². The highest BCUT2D eigenvalue weighted by Gasteiger charge is 2.25. The second kappa shape index (κ2) is 7.01. The lowest BCUT2D eigenvalue weighted by Gasteiger charge is -2.15. The third-order valence-electron chi connectivity index (χ3n) is 3.15. The summed E-state index contributed by atoms with van der Waals surface area (Å²) >= 11 is 0. The Morgan fingerprint density at radius 1 is 1.22 bits per heavy atom. The Balaban J connectivity index is 1.97. The summed E-state index contributed by atoms with van der Waals surface area (Å²) in [6.45, 7) is 5.06. The minimum atomic E-state index is -3.70. The molecule has 1 heterocycles. The number of methoxy groups -OCH3 is 1. The first-order valence-electron chi connectivity index (χ1n) is 7.05. The van der Waals surface area contributed by atoms with E-state index in [-0.39, 0.29) is 17.3 Å². The lowest BCUT2D eigenvalue weighted by molar-refractivity contribution is 0.287. The minimum Gasteiger partial charge on any atom is -0.497 e. The van der Waals surface area contributed by atoms with E-state index in [1.54, 1.807) is 52.1 Å². The molecule has 2 aromatic rings.